The van der Waals surface area contributed by atoms with Gasteiger partial charge in [-0.2, -0.15) is 5.48 Å². The summed E-state index contributed by atoms with van der Waals surface area (Å²) in [5, 5.41) is 13.4. The first-order chi connectivity index (χ1) is 13.2. The van der Waals surface area contributed by atoms with Gasteiger partial charge in [0.25, 0.3) is 0 Å². The van der Waals surface area contributed by atoms with Crippen LogP contribution in [-0.4, -0.2) is 55.3 Å². The summed E-state index contributed by atoms with van der Waals surface area (Å²) in [6.45, 7) is 1.27. The summed E-state index contributed by atoms with van der Waals surface area (Å²) in [6, 6.07) is 9.28. The summed E-state index contributed by atoms with van der Waals surface area (Å²) in [6.07, 6.45) is 4.33. The van der Waals surface area contributed by atoms with Crippen LogP contribution in [0.15, 0.2) is 30.3 Å². The van der Waals surface area contributed by atoms with E-state index in [4.69, 9.17) is 14.3 Å². The molecular weight excluding hydrogens is 348 g/mol. The van der Waals surface area contributed by atoms with E-state index in [0.717, 1.165) is 18.4 Å². The van der Waals surface area contributed by atoms with Crippen LogP contribution < -0.4 is 10.8 Å². The molecule has 3 rings (SSSR count). The van der Waals surface area contributed by atoms with E-state index >= 15 is 0 Å². The average molecular weight is 378 g/mol. The molecule has 1 saturated carbocycles. The minimum absolute atomic E-state index is 0.213. The van der Waals surface area contributed by atoms with Crippen molar-refractivity contribution in [1.82, 2.24) is 10.8 Å². The smallest absolute Gasteiger partial charge is 0.407 e. The Morgan fingerprint density at radius 1 is 1.19 bits per heavy atom. The Morgan fingerprint density at radius 3 is 2.67 bits per heavy atom. The molecular formula is C20H30N2O5. The second kappa shape index (κ2) is 10.6. The van der Waals surface area contributed by atoms with Gasteiger partial charge in [0.1, 0.15) is 6.10 Å². The zero-order chi connectivity index (χ0) is 18.9. The number of hydrogen-bond donors (Lipinski definition) is 3. The number of ether oxygens (including phenoxy) is 2. The van der Waals surface area contributed by atoms with Crippen molar-refractivity contribution >= 4 is 6.09 Å². The van der Waals surface area contributed by atoms with E-state index in [1.165, 1.54) is 12.8 Å². The average Bonchev–Trinajstić information content (AvgIpc) is 3.36. The summed E-state index contributed by atoms with van der Waals surface area (Å²) in [4.78, 5) is 17.9. The monoisotopic (exact) mass is 378 g/mol. The van der Waals surface area contributed by atoms with E-state index in [1.807, 2.05) is 30.3 Å². The van der Waals surface area contributed by atoms with Crippen LogP contribution in [0.1, 0.15) is 37.7 Å². The largest absolute Gasteiger partial charge is 0.444 e. The Morgan fingerprint density at radius 2 is 1.96 bits per heavy atom. The van der Waals surface area contributed by atoms with Gasteiger partial charge in [-0.3, -0.25) is 4.84 Å². The molecule has 0 spiro atoms. The lowest BCUT2D eigenvalue weighted by Crippen LogP contribution is -2.49. The molecule has 1 amide bonds. The molecule has 3 unspecified atom stereocenters. The van der Waals surface area contributed by atoms with Crippen molar-refractivity contribution < 1.29 is 24.2 Å². The number of aliphatic hydroxyl groups is 1. The molecule has 0 bridgehead atoms. The van der Waals surface area contributed by atoms with E-state index in [-0.39, 0.29) is 18.8 Å². The van der Waals surface area contributed by atoms with E-state index in [9.17, 15) is 9.90 Å². The standard InChI is InChI=1S/C20H30N2O5/c23-19(13-21-27-16-8-4-5-9-16)18(12-15-6-2-1-3-7-15)22-20(24)26-17-10-11-25-14-17/h1-3,6-7,16-19,21,23H,4-5,8-14H2,(H,22,24). The van der Waals surface area contributed by atoms with Crippen LogP contribution in [0.4, 0.5) is 4.79 Å². The Labute approximate surface area is 160 Å². The second-order valence-corrected chi connectivity index (χ2v) is 7.27. The van der Waals surface area contributed by atoms with E-state index in [0.29, 0.717) is 26.1 Å². The van der Waals surface area contributed by atoms with Crippen LogP contribution in [0.5, 0.6) is 0 Å². The van der Waals surface area contributed by atoms with Gasteiger partial charge in [0.15, 0.2) is 0 Å². The molecule has 7 heteroatoms. The van der Waals surface area contributed by atoms with Gasteiger partial charge >= 0.3 is 6.09 Å². The van der Waals surface area contributed by atoms with Gasteiger partial charge in [0.05, 0.1) is 31.5 Å². The number of hydroxylamine groups is 1. The summed E-state index contributed by atoms with van der Waals surface area (Å²) < 4.78 is 10.6. The van der Waals surface area contributed by atoms with Crippen LogP contribution in [-0.2, 0) is 20.7 Å². The molecule has 7 nitrogen and oxygen atoms in total. The Hall–Kier alpha value is -1.67. The third kappa shape index (κ3) is 6.77. The maximum absolute atomic E-state index is 12.2. The molecule has 1 saturated heterocycles. The summed E-state index contributed by atoms with van der Waals surface area (Å²) in [5.41, 5.74) is 3.91. The predicted octanol–water partition coefficient (Wildman–Crippen LogP) is 1.94. The van der Waals surface area contributed by atoms with Gasteiger partial charge in [0.2, 0.25) is 0 Å². The fourth-order valence-corrected chi connectivity index (χ4v) is 3.49. The predicted molar refractivity (Wildman–Crippen MR) is 100 cm³/mol. The number of carbonyl (C=O) groups excluding carboxylic acids is 1. The van der Waals surface area contributed by atoms with Crippen LogP contribution in [0.25, 0.3) is 0 Å². The van der Waals surface area contributed by atoms with Crippen LogP contribution in [0.2, 0.25) is 0 Å². The van der Waals surface area contributed by atoms with Gasteiger partial charge in [-0.1, -0.05) is 43.2 Å². The number of alkyl carbamates (subject to hydrolysis) is 1. The van der Waals surface area contributed by atoms with Crippen LogP contribution >= 0.6 is 0 Å². The first-order valence-corrected chi connectivity index (χ1v) is 9.86. The number of hydrogen-bond acceptors (Lipinski definition) is 6. The number of nitrogens with one attached hydrogen (secondary N) is 2. The minimum Gasteiger partial charge on any atom is -0.444 e. The molecule has 1 aliphatic heterocycles. The van der Waals surface area contributed by atoms with E-state index < -0.39 is 18.2 Å². The lowest BCUT2D eigenvalue weighted by molar-refractivity contribution is -0.0414. The van der Waals surface area contributed by atoms with E-state index in [2.05, 4.69) is 10.8 Å². The van der Waals surface area contributed by atoms with Gasteiger partial charge in [-0.25, -0.2) is 4.79 Å². The third-order valence-electron chi connectivity index (χ3n) is 5.07. The van der Waals surface area contributed by atoms with Crippen molar-refractivity contribution in [3.63, 3.8) is 0 Å². The number of carbonyl (C=O) groups is 1. The molecule has 1 aromatic carbocycles. The first kappa shape index (κ1) is 20.1. The van der Waals surface area contributed by atoms with Crippen molar-refractivity contribution in [3.8, 4) is 0 Å². The highest BCUT2D eigenvalue weighted by atomic mass is 16.7. The quantitative estimate of drug-likeness (QED) is 0.569. The molecule has 0 aromatic heterocycles. The SMILES string of the molecule is O=C(NC(Cc1ccccc1)C(O)CNOC1CCCC1)OC1CCOC1. The molecule has 2 fully saturated rings. The molecule has 150 valence electrons. The zero-order valence-corrected chi connectivity index (χ0v) is 15.6. The van der Waals surface area contributed by atoms with E-state index in [1.54, 1.807) is 0 Å². The van der Waals surface area contributed by atoms with Crippen LogP contribution in [0.3, 0.4) is 0 Å². The molecule has 0 radical (unpaired) electrons. The molecule has 1 aliphatic carbocycles. The topological polar surface area (TPSA) is 89.1 Å². The molecule has 27 heavy (non-hydrogen) atoms. The molecule has 2 aliphatic rings. The van der Waals surface area contributed by atoms with Gasteiger partial charge in [-0.05, 0) is 24.8 Å². The highest BCUT2D eigenvalue weighted by molar-refractivity contribution is 5.68. The van der Waals surface area contributed by atoms with Crippen molar-refractivity contribution in [2.75, 3.05) is 19.8 Å². The molecule has 1 heterocycles. The summed E-state index contributed by atoms with van der Waals surface area (Å²) >= 11 is 0. The van der Waals surface area contributed by atoms with Crippen molar-refractivity contribution in [2.24, 2.45) is 0 Å². The lowest BCUT2D eigenvalue weighted by atomic mass is 10.0. The zero-order valence-electron chi connectivity index (χ0n) is 15.6. The van der Waals surface area contributed by atoms with Crippen molar-refractivity contribution in [3.05, 3.63) is 35.9 Å². The number of amides is 1. The van der Waals surface area contributed by atoms with Gasteiger partial charge in [-0.15, -0.1) is 0 Å². The maximum atomic E-state index is 12.2. The normalized spacial score (nSPS) is 22.5. The number of aliphatic hydroxyl groups excluding tert-OH is 1. The molecule has 3 atom stereocenters. The summed E-state index contributed by atoms with van der Waals surface area (Å²) in [7, 11) is 0. The number of rotatable bonds is 9. The number of benzene rings is 1. The Kier molecular flexibility index (Phi) is 7.89. The fraction of sp³-hybridized carbons (Fsp3) is 0.650. The lowest BCUT2D eigenvalue weighted by Gasteiger charge is -2.25. The summed E-state index contributed by atoms with van der Waals surface area (Å²) in [5.74, 6) is 0. The Bertz CT molecular complexity index is 559. The molecule has 1 aromatic rings. The highest BCUT2D eigenvalue weighted by Gasteiger charge is 2.26. The Balaban J connectivity index is 1.51. The molecule has 3 N–H and O–H groups in total. The van der Waals surface area contributed by atoms with Crippen molar-refractivity contribution in [2.45, 2.75) is 62.9 Å². The first-order valence-electron chi connectivity index (χ1n) is 9.86. The third-order valence-corrected chi connectivity index (χ3v) is 5.07. The second-order valence-electron chi connectivity index (χ2n) is 7.27. The highest BCUT2D eigenvalue weighted by Crippen LogP contribution is 2.20. The fourth-order valence-electron chi connectivity index (χ4n) is 3.49. The van der Waals surface area contributed by atoms with Gasteiger partial charge < -0.3 is 19.9 Å². The van der Waals surface area contributed by atoms with Gasteiger partial charge in [0, 0.05) is 13.0 Å². The van der Waals surface area contributed by atoms with Crippen molar-refractivity contribution in [1.29, 1.82) is 0 Å². The maximum Gasteiger partial charge on any atom is 0.407 e. The van der Waals surface area contributed by atoms with Crippen LogP contribution in [0, 0.1) is 0 Å². The minimum atomic E-state index is -0.806.